The minimum absolute atomic E-state index is 0.0161. The molecule has 3 rings (SSSR count). The van der Waals surface area contributed by atoms with Gasteiger partial charge in [0, 0.05) is 45.7 Å². The van der Waals surface area contributed by atoms with E-state index in [1.54, 1.807) is 44.4 Å². The monoisotopic (exact) mass is 700 g/mol. The van der Waals surface area contributed by atoms with E-state index in [4.69, 9.17) is 9.47 Å². The van der Waals surface area contributed by atoms with Crippen molar-refractivity contribution in [2.24, 2.45) is 5.92 Å². The maximum Gasteiger partial charge on any atom is 0.321 e. The Morgan fingerprint density at radius 1 is 0.739 bits per heavy atom. The van der Waals surface area contributed by atoms with E-state index in [0.717, 1.165) is 18.2 Å². The zero-order valence-electron chi connectivity index (χ0n) is 25.8. The van der Waals surface area contributed by atoms with Crippen molar-refractivity contribution in [2.75, 3.05) is 35.3 Å². The average molecular weight is 702 g/mol. The van der Waals surface area contributed by atoms with Crippen molar-refractivity contribution in [3.63, 3.8) is 0 Å². The molecule has 0 aliphatic carbocycles. The quantitative estimate of drug-likeness (QED) is 0.0904. The van der Waals surface area contributed by atoms with E-state index in [2.05, 4.69) is 15.9 Å². The highest BCUT2D eigenvalue weighted by Crippen LogP contribution is 2.24. The fourth-order valence-electron chi connectivity index (χ4n) is 3.99. The molecule has 2 amide bonds. The molecule has 0 bridgehead atoms. The fourth-order valence-corrected chi connectivity index (χ4v) is 4.34. The van der Waals surface area contributed by atoms with Crippen LogP contribution in [-0.2, 0) is 37.4 Å². The Balaban J connectivity index is 0.000000387. The first kappa shape index (κ1) is 37.0. The van der Waals surface area contributed by atoms with Crippen LogP contribution in [0.3, 0.4) is 0 Å². The molecule has 0 N–H and O–H groups in total. The number of nitro benzene ring substituents is 2. The lowest BCUT2D eigenvalue weighted by Gasteiger charge is -2.16. The molecule has 0 heterocycles. The van der Waals surface area contributed by atoms with Crippen molar-refractivity contribution < 1.29 is 38.5 Å². The van der Waals surface area contributed by atoms with E-state index < -0.39 is 33.6 Å². The van der Waals surface area contributed by atoms with Gasteiger partial charge in [0.2, 0.25) is 0 Å². The largest absolute Gasteiger partial charge is 0.468 e. The van der Waals surface area contributed by atoms with Gasteiger partial charge in [-0.15, -0.1) is 0 Å². The molecule has 0 aliphatic heterocycles. The number of nitro groups is 2. The summed E-state index contributed by atoms with van der Waals surface area (Å²) in [6.45, 7) is -0.0161. The smallest absolute Gasteiger partial charge is 0.321 e. The molecule has 0 saturated heterocycles. The number of hydrogen-bond acceptors (Lipinski definition) is 10. The average Bonchev–Trinajstić information content (AvgIpc) is 3.05. The van der Waals surface area contributed by atoms with Crippen LogP contribution in [0.4, 0.5) is 11.4 Å². The predicted octanol–water partition coefficient (Wildman–Crippen LogP) is 4.56. The Kier molecular flexibility index (Phi) is 14.0. The SMILES string of the molecule is CN(C)C(=O)c1cc(CBr)ccc1[N+](=O)[O-].COC(=O)C(Cc1ccc([N+](=O)[O-])c(C(=O)N(C)C)c1)C(=O)OCc1ccccc1. The van der Waals surface area contributed by atoms with Gasteiger partial charge in [0.25, 0.3) is 23.2 Å². The van der Waals surface area contributed by atoms with Gasteiger partial charge >= 0.3 is 11.9 Å². The van der Waals surface area contributed by atoms with Gasteiger partial charge < -0.3 is 19.3 Å². The molecular formula is C31H33BrN4O10. The molecule has 0 spiro atoms. The van der Waals surface area contributed by atoms with Gasteiger partial charge in [-0.1, -0.05) is 58.4 Å². The highest BCUT2D eigenvalue weighted by molar-refractivity contribution is 9.08. The fraction of sp³-hybridized carbons (Fsp3) is 0.290. The Hall–Kier alpha value is -5.18. The van der Waals surface area contributed by atoms with Crippen LogP contribution < -0.4 is 0 Å². The standard InChI is InChI=1S/C21H22N2O7.C10H11BrN2O3/c1-22(2)19(24)16-11-15(9-10-18(16)23(27)28)12-17(20(25)29-3)21(26)30-13-14-7-5-4-6-8-14;1-12(2)10(14)8-5-7(6-11)3-4-9(8)13(15)16/h4-11,17H,12-13H2,1-3H3;3-5H,6H2,1-2H3. The molecule has 1 unspecified atom stereocenters. The first-order valence-electron chi connectivity index (χ1n) is 13.5. The summed E-state index contributed by atoms with van der Waals surface area (Å²) in [7, 11) is 7.21. The summed E-state index contributed by atoms with van der Waals surface area (Å²) < 4.78 is 9.95. The van der Waals surface area contributed by atoms with Crippen LogP contribution in [0.2, 0.25) is 0 Å². The first-order valence-corrected chi connectivity index (χ1v) is 14.7. The zero-order chi connectivity index (χ0) is 34.6. The zero-order valence-corrected chi connectivity index (χ0v) is 27.4. The lowest BCUT2D eigenvalue weighted by molar-refractivity contribution is -0.385. The van der Waals surface area contributed by atoms with Crippen LogP contribution in [0.25, 0.3) is 0 Å². The van der Waals surface area contributed by atoms with Crippen LogP contribution in [0.15, 0.2) is 66.7 Å². The van der Waals surface area contributed by atoms with Crippen LogP contribution in [-0.4, -0.2) is 78.7 Å². The third kappa shape index (κ3) is 10.2. The molecule has 0 saturated carbocycles. The molecule has 15 heteroatoms. The second kappa shape index (κ2) is 17.3. The predicted molar refractivity (Wildman–Crippen MR) is 170 cm³/mol. The van der Waals surface area contributed by atoms with Gasteiger partial charge in [0.1, 0.15) is 17.7 Å². The first-order chi connectivity index (χ1) is 21.7. The number of ether oxygens (including phenoxy) is 2. The maximum absolute atomic E-state index is 12.5. The van der Waals surface area contributed by atoms with Gasteiger partial charge in [-0.2, -0.15) is 0 Å². The molecule has 0 aromatic heterocycles. The normalized spacial score (nSPS) is 10.8. The Morgan fingerprint density at radius 3 is 1.65 bits per heavy atom. The van der Waals surface area contributed by atoms with E-state index in [1.165, 1.54) is 54.2 Å². The van der Waals surface area contributed by atoms with E-state index >= 15 is 0 Å². The number of carbonyl (C=O) groups is 4. The topological polar surface area (TPSA) is 180 Å². The van der Waals surface area contributed by atoms with Gasteiger partial charge in [0.05, 0.1) is 17.0 Å². The number of amides is 2. The number of alkyl halides is 1. The molecule has 3 aromatic rings. The molecule has 0 aliphatic rings. The highest BCUT2D eigenvalue weighted by Gasteiger charge is 2.31. The van der Waals surface area contributed by atoms with E-state index in [9.17, 15) is 39.4 Å². The summed E-state index contributed by atoms with van der Waals surface area (Å²) in [5.41, 5.74) is 1.43. The van der Waals surface area contributed by atoms with Crippen molar-refractivity contribution in [2.45, 2.75) is 18.4 Å². The van der Waals surface area contributed by atoms with Gasteiger partial charge in [-0.05, 0) is 35.2 Å². The summed E-state index contributed by atoms with van der Waals surface area (Å²) in [5.74, 6) is -3.79. The number of methoxy groups -OCH3 is 1. The van der Waals surface area contributed by atoms with Crippen molar-refractivity contribution in [1.29, 1.82) is 0 Å². The molecular weight excluding hydrogens is 668 g/mol. The molecule has 3 aromatic carbocycles. The molecule has 14 nitrogen and oxygen atoms in total. The van der Waals surface area contributed by atoms with Crippen LogP contribution in [0.1, 0.15) is 37.4 Å². The third-order valence-electron chi connectivity index (χ3n) is 6.38. The molecule has 46 heavy (non-hydrogen) atoms. The van der Waals surface area contributed by atoms with Crippen molar-refractivity contribution in [3.05, 3.63) is 115 Å². The number of hydrogen-bond donors (Lipinski definition) is 0. The van der Waals surface area contributed by atoms with E-state index in [-0.39, 0.29) is 41.4 Å². The molecule has 1 atom stereocenters. The van der Waals surface area contributed by atoms with Crippen molar-refractivity contribution in [1.82, 2.24) is 9.80 Å². The summed E-state index contributed by atoms with van der Waals surface area (Å²) in [6, 6.07) is 17.3. The summed E-state index contributed by atoms with van der Waals surface area (Å²) in [4.78, 5) is 72.1. The lowest BCUT2D eigenvalue weighted by Crippen LogP contribution is -2.29. The van der Waals surface area contributed by atoms with Crippen LogP contribution in [0.5, 0.6) is 0 Å². The van der Waals surface area contributed by atoms with Gasteiger partial charge in [-0.25, -0.2) is 0 Å². The Labute approximate surface area is 273 Å². The maximum atomic E-state index is 12.5. The second-order valence-electron chi connectivity index (χ2n) is 10.1. The number of nitrogens with zero attached hydrogens (tertiary/aromatic N) is 4. The van der Waals surface area contributed by atoms with E-state index in [0.29, 0.717) is 10.9 Å². The minimum Gasteiger partial charge on any atom is -0.468 e. The molecule has 0 fully saturated rings. The number of benzene rings is 3. The number of rotatable bonds is 11. The van der Waals surface area contributed by atoms with Crippen molar-refractivity contribution in [3.8, 4) is 0 Å². The highest BCUT2D eigenvalue weighted by atomic mass is 79.9. The Morgan fingerprint density at radius 2 is 1.22 bits per heavy atom. The molecule has 0 radical (unpaired) electrons. The summed E-state index contributed by atoms with van der Waals surface area (Å²) in [6.07, 6.45) is -0.133. The van der Waals surface area contributed by atoms with E-state index in [1.807, 2.05) is 6.07 Å². The number of esters is 2. The number of halogens is 1. The minimum atomic E-state index is -1.28. The summed E-state index contributed by atoms with van der Waals surface area (Å²) in [5, 5.41) is 22.6. The third-order valence-corrected chi connectivity index (χ3v) is 7.02. The summed E-state index contributed by atoms with van der Waals surface area (Å²) >= 11 is 3.24. The van der Waals surface area contributed by atoms with Gasteiger partial charge in [0.15, 0.2) is 5.92 Å². The van der Waals surface area contributed by atoms with Crippen LogP contribution in [0, 0.1) is 26.1 Å². The van der Waals surface area contributed by atoms with Crippen LogP contribution >= 0.6 is 15.9 Å². The van der Waals surface area contributed by atoms with Gasteiger partial charge in [-0.3, -0.25) is 39.4 Å². The Bertz CT molecular complexity index is 1600. The lowest BCUT2D eigenvalue weighted by atomic mass is 9.97. The molecule has 244 valence electrons. The van der Waals surface area contributed by atoms with Crippen molar-refractivity contribution >= 4 is 51.1 Å². The number of carbonyl (C=O) groups excluding carboxylic acids is 4. The second-order valence-corrected chi connectivity index (χ2v) is 10.7.